The van der Waals surface area contributed by atoms with Crippen LogP contribution in [0, 0.1) is 0 Å². The minimum Gasteiger partial charge on any atom is -0.480 e. The fourth-order valence-corrected chi connectivity index (χ4v) is 4.26. The van der Waals surface area contributed by atoms with Crippen molar-refractivity contribution in [1.82, 2.24) is 19.8 Å². The zero-order valence-electron chi connectivity index (χ0n) is 17.3. The topological polar surface area (TPSA) is 89.6 Å². The van der Waals surface area contributed by atoms with Gasteiger partial charge in [-0.2, -0.15) is 0 Å². The van der Waals surface area contributed by atoms with Gasteiger partial charge in [0.25, 0.3) is 5.91 Å². The fraction of sp³-hybridized carbons (Fsp3) is 0.348. The highest BCUT2D eigenvalue weighted by Crippen LogP contribution is 2.32. The quantitative estimate of drug-likeness (QED) is 0.684. The molecule has 3 aromatic rings. The molecule has 1 aromatic carbocycles. The summed E-state index contributed by atoms with van der Waals surface area (Å²) in [5.41, 5.74) is 1.76. The van der Waals surface area contributed by atoms with Gasteiger partial charge in [0.05, 0.1) is 31.0 Å². The van der Waals surface area contributed by atoms with Gasteiger partial charge in [0.1, 0.15) is 17.3 Å². The summed E-state index contributed by atoms with van der Waals surface area (Å²) >= 11 is 0. The molecule has 8 heteroatoms. The summed E-state index contributed by atoms with van der Waals surface area (Å²) in [6.45, 7) is 3.55. The highest BCUT2D eigenvalue weighted by atomic mass is 16.5. The molecule has 2 atom stereocenters. The molecule has 2 aliphatic heterocycles. The van der Waals surface area contributed by atoms with Crippen LogP contribution in [0.1, 0.15) is 35.8 Å². The average Bonchev–Trinajstić information content (AvgIpc) is 3.51. The number of fused-ring (bicyclic) bond motifs is 2. The number of hydrogen-bond donors (Lipinski definition) is 1. The third-order valence-electron chi connectivity index (χ3n) is 5.87. The molecule has 0 radical (unpaired) electrons. The third-order valence-corrected chi connectivity index (χ3v) is 5.87. The minimum absolute atomic E-state index is 0.0179. The average molecular weight is 420 g/mol. The van der Waals surface area contributed by atoms with Gasteiger partial charge in [-0.05, 0) is 30.7 Å². The number of nitrogens with zero attached hydrogens (tertiary/aromatic N) is 3. The monoisotopic (exact) mass is 420 g/mol. The Morgan fingerprint density at radius 3 is 2.87 bits per heavy atom. The number of benzene rings is 1. The van der Waals surface area contributed by atoms with Crippen molar-refractivity contribution in [2.45, 2.75) is 45.0 Å². The smallest absolute Gasteiger partial charge is 0.264 e. The van der Waals surface area contributed by atoms with E-state index in [1.165, 1.54) is 0 Å². The number of nitrogens with one attached hydrogen (secondary N) is 1. The number of imidazole rings is 1. The highest BCUT2D eigenvalue weighted by Gasteiger charge is 2.37. The van der Waals surface area contributed by atoms with Crippen LogP contribution in [0.2, 0.25) is 0 Å². The lowest BCUT2D eigenvalue weighted by Crippen LogP contribution is -2.47. The van der Waals surface area contributed by atoms with Crippen molar-refractivity contribution in [2.24, 2.45) is 0 Å². The van der Waals surface area contributed by atoms with E-state index in [1.54, 1.807) is 12.3 Å². The molecule has 0 saturated heterocycles. The van der Waals surface area contributed by atoms with Crippen LogP contribution in [0.4, 0.5) is 0 Å². The second-order valence-corrected chi connectivity index (χ2v) is 7.94. The second-order valence-electron chi connectivity index (χ2n) is 7.94. The van der Waals surface area contributed by atoms with E-state index in [2.05, 4.69) is 10.3 Å². The lowest BCUT2D eigenvalue weighted by atomic mass is 10.1. The van der Waals surface area contributed by atoms with Gasteiger partial charge in [-0.25, -0.2) is 4.98 Å². The Morgan fingerprint density at radius 2 is 2.06 bits per heavy atom. The predicted molar refractivity (Wildman–Crippen MR) is 111 cm³/mol. The van der Waals surface area contributed by atoms with E-state index in [0.29, 0.717) is 37.5 Å². The number of ether oxygens (including phenoxy) is 1. The Balaban J connectivity index is 1.23. The van der Waals surface area contributed by atoms with Crippen molar-refractivity contribution >= 4 is 11.8 Å². The van der Waals surface area contributed by atoms with Gasteiger partial charge in [-0.3, -0.25) is 9.59 Å². The lowest BCUT2D eigenvalue weighted by molar-refractivity contribution is -0.141. The van der Waals surface area contributed by atoms with Crippen LogP contribution in [-0.2, 0) is 35.5 Å². The van der Waals surface area contributed by atoms with Gasteiger partial charge in [0.2, 0.25) is 5.91 Å². The maximum Gasteiger partial charge on any atom is 0.264 e. The highest BCUT2D eigenvalue weighted by molar-refractivity contribution is 5.83. The predicted octanol–water partition coefficient (Wildman–Crippen LogP) is 2.24. The van der Waals surface area contributed by atoms with Crippen molar-refractivity contribution in [1.29, 1.82) is 0 Å². The number of hydrogen-bond acceptors (Lipinski definition) is 5. The van der Waals surface area contributed by atoms with Crippen molar-refractivity contribution in [3.8, 4) is 5.75 Å². The molecule has 0 fully saturated rings. The summed E-state index contributed by atoms with van der Waals surface area (Å²) in [5.74, 6) is 2.15. The molecule has 0 spiro atoms. The van der Waals surface area contributed by atoms with Crippen molar-refractivity contribution in [3.63, 3.8) is 0 Å². The summed E-state index contributed by atoms with van der Waals surface area (Å²) < 4.78 is 13.2. The summed E-state index contributed by atoms with van der Waals surface area (Å²) in [7, 11) is 0. The van der Waals surface area contributed by atoms with Crippen LogP contribution in [-0.4, -0.2) is 38.9 Å². The summed E-state index contributed by atoms with van der Waals surface area (Å²) in [5, 5.41) is 2.83. The van der Waals surface area contributed by atoms with Crippen LogP contribution in [0.15, 0.2) is 53.3 Å². The van der Waals surface area contributed by atoms with Crippen LogP contribution in [0.5, 0.6) is 5.75 Å². The van der Waals surface area contributed by atoms with Crippen LogP contribution in [0.25, 0.3) is 0 Å². The standard InChI is InChI=1S/C23H24N4O4/c1-15-22-25-17(12-21(28)24-13-18-6-4-10-30-18)14-26(22)8-9-27(15)23(29)20-11-16-5-2-3-7-19(16)31-20/h2-7,10,14-15,20H,8-9,11-13H2,1H3,(H,24,28)/t15-,20+/m1/s1. The number of rotatable bonds is 5. The van der Waals surface area contributed by atoms with E-state index in [4.69, 9.17) is 9.15 Å². The third kappa shape index (κ3) is 3.81. The van der Waals surface area contributed by atoms with Gasteiger partial charge in [-0.15, -0.1) is 0 Å². The number of para-hydroxylation sites is 1. The molecule has 0 saturated carbocycles. The minimum atomic E-state index is -0.492. The van der Waals surface area contributed by atoms with E-state index < -0.39 is 6.10 Å². The number of carbonyl (C=O) groups excluding carboxylic acids is 2. The summed E-state index contributed by atoms with van der Waals surface area (Å²) in [4.78, 5) is 31.9. The van der Waals surface area contributed by atoms with E-state index >= 15 is 0 Å². The van der Waals surface area contributed by atoms with Crippen molar-refractivity contribution in [3.05, 3.63) is 71.7 Å². The summed E-state index contributed by atoms with van der Waals surface area (Å²) in [6.07, 6.45) is 3.76. The number of carbonyl (C=O) groups is 2. The lowest BCUT2D eigenvalue weighted by Gasteiger charge is -2.35. The van der Waals surface area contributed by atoms with Gasteiger partial charge < -0.3 is 23.9 Å². The molecule has 31 heavy (non-hydrogen) atoms. The molecule has 5 rings (SSSR count). The molecule has 8 nitrogen and oxygen atoms in total. The van der Waals surface area contributed by atoms with E-state index in [1.807, 2.05) is 52.9 Å². The first-order valence-corrected chi connectivity index (χ1v) is 10.5. The molecule has 4 heterocycles. The molecule has 0 bridgehead atoms. The van der Waals surface area contributed by atoms with E-state index in [-0.39, 0.29) is 24.3 Å². The Hall–Kier alpha value is -3.55. The van der Waals surface area contributed by atoms with Gasteiger partial charge >= 0.3 is 0 Å². The first-order valence-electron chi connectivity index (χ1n) is 10.5. The maximum absolute atomic E-state index is 13.2. The molecule has 1 N–H and O–H groups in total. The second kappa shape index (κ2) is 7.94. The van der Waals surface area contributed by atoms with Crippen molar-refractivity contribution in [2.75, 3.05) is 6.54 Å². The SMILES string of the molecule is C[C@@H]1c2nc(CC(=O)NCc3ccco3)cn2CCN1C(=O)[C@@H]1Cc2ccccc2O1. The van der Waals surface area contributed by atoms with Gasteiger partial charge in [0.15, 0.2) is 6.10 Å². The first-order chi connectivity index (χ1) is 15.1. The van der Waals surface area contributed by atoms with Crippen LogP contribution < -0.4 is 10.1 Å². The van der Waals surface area contributed by atoms with Gasteiger partial charge in [0, 0.05) is 25.7 Å². The zero-order chi connectivity index (χ0) is 21.4. The van der Waals surface area contributed by atoms with Gasteiger partial charge in [-0.1, -0.05) is 18.2 Å². The number of furan rings is 1. The normalized spacial score (nSPS) is 19.5. The molecule has 0 unspecified atom stereocenters. The van der Waals surface area contributed by atoms with Crippen LogP contribution >= 0.6 is 0 Å². The van der Waals surface area contributed by atoms with Crippen LogP contribution in [0.3, 0.4) is 0 Å². The fourth-order valence-electron chi connectivity index (χ4n) is 4.26. The Bertz CT molecular complexity index is 1080. The van der Waals surface area contributed by atoms with E-state index in [9.17, 15) is 9.59 Å². The Morgan fingerprint density at radius 1 is 1.19 bits per heavy atom. The molecule has 2 amide bonds. The summed E-state index contributed by atoms with van der Waals surface area (Å²) in [6, 6.07) is 11.2. The molecule has 2 aromatic heterocycles. The maximum atomic E-state index is 13.2. The zero-order valence-corrected chi connectivity index (χ0v) is 17.3. The Kier molecular flexibility index (Phi) is 4.97. The molecular formula is C23H24N4O4. The van der Waals surface area contributed by atoms with E-state index in [0.717, 1.165) is 17.1 Å². The largest absolute Gasteiger partial charge is 0.480 e. The molecule has 160 valence electrons. The number of aromatic nitrogens is 2. The number of amides is 2. The first kappa shape index (κ1) is 19.4. The Labute approximate surface area is 179 Å². The van der Waals surface area contributed by atoms with Crippen molar-refractivity contribution < 1.29 is 18.7 Å². The molecule has 2 aliphatic rings. The molecule has 0 aliphatic carbocycles. The molecular weight excluding hydrogens is 396 g/mol.